The van der Waals surface area contributed by atoms with Gasteiger partial charge in [0.25, 0.3) is 0 Å². The highest BCUT2D eigenvalue weighted by Gasteiger charge is 2.08. The van der Waals surface area contributed by atoms with Crippen molar-refractivity contribution in [2.24, 2.45) is 0 Å². The second-order valence-electron chi connectivity index (χ2n) is 4.32. The van der Waals surface area contributed by atoms with Gasteiger partial charge in [0, 0.05) is 6.54 Å². The number of ether oxygens (including phenoxy) is 1. The van der Waals surface area contributed by atoms with Gasteiger partial charge in [-0.05, 0) is 31.0 Å². The Labute approximate surface area is 109 Å². The molecule has 0 aliphatic heterocycles. The van der Waals surface area contributed by atoms with Gasteiger partial charge in [-0.15, -0.1) is 6.42 Å². The summed E-state index contributed by atoms with van der Waals surface area (Å²) in [6.45, 7) is 4.71. The predicted octanol–water partition coefficient (Wildman–Crippen LogP) is 1.74. The second kappa shape index (κ2) is 7.75. The molecule has 0 heterocycles. The molecule has 18 heavy (non-hydrogen) atoms. The van der Waals surface area contributed by atoms with Gasteiger partial charge in [0.05, 0.1) is 6.04 Å². The Bertz CT molecular complexity index is 398. The molecule has 0 saturated heterocycles. The lowest BCUT2D eigenvalue weighted by Crippen LogP contribution is -2.37. The van der Waals surface area contributed by atoms with Crippen LogP contribution < -0.4 is 10.1 Å². The summed E-state index contributed by atoms with van der Waals surface area (Å²) in [5, 5.41) is 12.9. The molecule has 0 aliphatic rings. The number of aryl methyl sites for hydroxylation is 1. The molecule has 0 radical (unpaired) electrons. The number of benzene rings is 1. The smallest absolute Gasteiger partial charge is 0.119 e. The minimum atomic E-state index is -0.562. The molecule has 1 rings (SSSR count). The first-order valence-corrected chi connectivity index (χ1v) is 6.22. The lowest BCUT2D eigenvalue weighted by atomic mass is 10.2. The monoisotopic (exact) mass is 247 g/mol. The summed E-state index contributed by atoms with van der Waals surface area (Å²) in [6.07, 6.45) is 5.61. The molecule has 2 atom stereocenters. The fourth-order valence-corrected chi connectivity index (χ4v) is 1.56. The first-order chi connectivity index (χ1) is 8.65. The lowest BCUT2D eigenvalue weighted by Gasteiger charge is -2.16. The Balaban J connectivity index is 2.29. The van der Waals surface area contributed by atoms with Crippen molar-refractivity contribution in [3.8, 4) is 18.1 Å². The van der Waals surface area contributed by atoms with Crippen LogP contribution in [0.15, 0.2) is 24.3 Å². The molecular weight excluding hydrogens is 226 g/mol. The Morgan fingerprint density at radius 2 is 2.28 bits per heavy atom. The van der Waals surface area contributed by atoms with Crippen LogP contribution in [0.25, 0.3) is 0 Å². The van der Waals surface area contributed by atoms with E-state index in [2.05, 4.69) is 11.2 Å². The number of aliphatic hydroxyl groups is 1. The molecule has 1 aromatic rings. The molecular formula is C15H21NO2. The quantitative estimate of drug-likeness (QED) is 0.721. The average Bonchev–Trinajstić information content (AvgIpc) is 2.37. The van der Waals surface area contributed by atoms with Crippen molar-refractivity contribution in [3.63, 3.8) is 0 Å². The molecule has 3 heteroatoms. The maximum absolute atomic E-state index is 9.76. The van der Waals surface area contributed by atoms with Crippen LogP contribution in [0.3, 0.4) is 0 Å². The summed E-state index contributed by atoms with van der Waals surface area (Å²) < 4.78 is 5.51. The van der Waals surface area contributed by atoms with E-state index < -0.39 is 6.10 Å². The highest BCUT2D eigenvalue weighted by atomic mass is 16.5. The zero-order valence-corrected chi connectivity index (χ0v) is 11.0. The summed E-state index contributed by atoms with van der Waals surface area (Å²) in [6, 6.07) is 7.77. The van der Waals surface area contributed by atoms with Crippen LogP contribution in [0, 0.1) is 19.3 Å². The molecule has 0 fully saturated rings. The highest BCUT2D eigenvalue weighted by Crippen LogP contribution is 2.12. The second-order valence-corrected chi connectivity index (χ2v) is 4.32. The van der Waals surface area contributed by atoms with Crippen molar-refractivity contribution in [1.29, 1.82) is 0 Å². The van der Waals surface area contributed by atoms with Crippen molar-refractivity contribution < 1.29 is 9.84 Å². The third-order valence-corrected chi connectivity index (χ3v) is 2.64. The van der Waals surface area contributed by atoms with Crippen LogP contribution in [0.4, 0.5) is 0 Å². The first-order valence-electron chi connectivity index (χ1n) is 6.22. The van der Waals surface area contributed by atoms with E-state index in [4.69, 9.17) is 11.2 Å². The summed E-state index contributed by atoms with van der Waals surface area (Å²) in [5.41, 5.74) is 1.14. The van der Waals surface area contributed by atoms with Crippen LogP contribution in [0.2, 0.25) is 0 Å². The third-order valence-electron chi connectivity index (χ3n) is 2.64. The molecule has 0 aliphatic carbocycles. The van der Waals surface area contributed by atoms with Gasteiger partial charge < -0.3 is 15.2 Å². The van der Waals surface area contributed by atoms with E-state index in [9.17, 15) is 5.11 Å². The third kappa shape index (κ3) is 5.22. The van der Waals surface area contributed by atoms with Crippen molar-refractivity contribution in [3.05, 3.63) is 29.8 Å². The summed E-state index contributed by atoms with van der Waals surface area (Å²) >= 11 is 0. The van der Waals surface area contributed by atoms with Gasteiger partial charge >= 0.3 is 0 Å². The Morgan fingerprint density at radius 3 is 2.89 bits per heavy atom. The molecule has 3 nitrogen and oxygen atoms in total. The van der Waals surface area contributed by atoms with E-state index in [0.717, 1.165) is 17.7 Å². The molecule has 0 saturated carbocycles. The molecule has 0 aromatic heterocycles. The Kier molecular flexibility index (Phi) is 6.27. The number of rotatable bonds is 7. The maximum atomic E-state index is 9.76. The highest BCUT2D eigenvalue weighted by molar-refractivity contribution is 5.27. The SMILES string of the molecule is C#CC(CC)NCC(O)COc1cccc(C)c1. The predicted molar refractivity (Wildman–Crippen MR) is 73.6 cm³/mol. The topological polar surface area (TPSA) is 41.5 Å². The van der Waals surface area contributed by atoms with Gasteiger partial charge in [-0.1, -0.05) is 25.0 Å². The van der Waals surface area contributed by atoms with Crippen molar-refractivity contribution in [2.75, 3.05) is 13.2 Å². The number of terminal acetylenes is 1. The van der Waals surface area contributed by atoms with Crippen LogP contribution in [0.1, 0.15) is 18.9 Å². The number of aliphatic hydroxyl groups excluding tert-OH is 1. The van der Waals surface area contributed by atoms with E-state index in [1.54, 1.807) is 0 Å². The van der Waals surface area contributed by atoms with Crippen molar-refractivity contribution in [1.82, 2.24) is 5.32 Å². The Morgan fingerprint density at radius 1 is 1.50 bits per heavy atom. The number of nitrogens with one attached hydrogen (secondary N) is 1. The first kappa shape index (κ1) is 14.6. The summed E-state index contributed by atoms with van der Waals surface area (Å²) in [4.78, 5) is 0. The van der Waals surface area contributed by atoms with E-state index in [1.165, 1.54) is 0 Å². The Hall–Kier alpha value is -1.50. The van der Waals surface area contributed by atoms with Crippen LogP contribution in [-0.4, -0.2) is 30.4 Å². The van der Waals surface area contributed by atoms with Crippen molar-refractivity contribution >= 4 is 0 Å². The van der Waals surface area contributed by atoms with E-state index >= 15 is 0 Å². The van der Waals surface area contributed by atoms with Gasteiger partial charge in [0.1, 0.15) is 18.5 Å². The lowest BCUT2D eigenvalue weighted by molar-refractivity contribution is 0.105. The standard InChI is InChI=1S/C15H21NO2/c1-4-13(5-2)16-10-14(17)11-18-15-8-6-7-12(3)9-15/h1,6-9,13-14,16-17H,5,10-11H2,2-3H3. The van der Waals surface area contributed by atoms with Gasteiger partial charge in [-0.3, -0.25) is 0 Å². The van der Waals surface area contributed by atoms with E-state index in [0.29, 0.717) is 6.54 Å². The molecule has 98 valence electrons. The molecule has 0 spiro atoms. The van der Waals surface area contributed by atoms with Gasteiger partial charge in [0.15, 0.2) is 0 Å². The number of hydrogen-bond acceptors (Lipinski definition) is 3. The normalized spacial score (nSPS) is 13.7. The minimum absolute atomic E-state index is 0.0126. The van der Waals surface area contributed by atoms with Crippen LogP contribution >= 0.6 is 0 Å². The van der Waals surface area contributed by atoms with E-state index in [1.807, 2.05) is 38.1 Å². The van der Waals surface area contributed by atoms with Crippen molar-refractivity contribution in [2.45, 2.75) is 32.4 Å². The molecule has 1 aromatic carbocycles. The van der Waals surface area contributed by atoms with Gasteiger partial charge in [-0.2, -0.15) is 0 Å². The largest absolute Gasteiger partial charge is 0.491 e. The fourth-order valence-electron chi connectivity index (χ4n) is 1.56. The van der Waals surface area contributed by atoms with Gasteiger partial charge in [0.2, 0.25) is 0 Å². The van der Waals surface area contributed by atoms with Crippen LogP contribution in [0.5, 0.6) is 5.75 Å². The zero-order chi connectivity index (χ0) is 13.4. The minimum Gasteiger partial charge on any atom is -0.491 e. The van der Waals surface area contributed by atoms with Gasteiger partial charge in [-0.25, -0.2) is 0 Å². The average molecular weight is 247 g/mol. The molecule has 0 amide bonds. The number of hydrogen-bond donors (Lipinski definition) is 2. The molecule has 2 unspecified atom stereocenters. The zero-order valence-electron chi connectivity index (χ0n) is 11.0. The maximum Gasteiger partial charge on any atom is 0.119 e. The molecule has 0 bridgehead atoms. The van der Waals surface area contributed by atoms with E-state index in [-0.39, 0.29) is 12.6 Å². The summed E-state index contributed by atoms with van der Waals surface area (Å²) in [7, 11) is 0. The molecule has 2 N–H and O–H groups in total. The fraction of sp³-hybridized carbons (Fsp3) is 0.467. The van der Waals surface area contributed by atoms with Crippen LogP contribution in [-0.2, 0) is 0 Å². The summed E-state index contributed by atoms with van der Waals surface area (Å²) in [5.74, 6) is 3.40.